The molecule has 1 heterocycles. The first-order valence-electron chi connectivity index (χ1n) is 4.88. The average Bonchev–Trinajstić information content (AvgIpc) is 2.61. The molecular weight excluding hydrogens is 250 g/mol. The van der Waals surface area contributed by atoms with E-state index in [0.29, 0.717) is 0 Å². The van der Waals surface area contributed by atoms with Gasteiger partial charge in [0.25, 0.3) is 0 Å². The molecule has 0 radical (unpaired) electrons. The van der Waals surface area contributed by atoms with Crippen LogP contribution in [0.3, 0.4) is 0 Å². The Morgan fingerprint density at radius 2 is 2.29 bits per heavy atom. The molecule has 8 heteroatoms. The van der Waals surface area contributed by atoms with Gasteiger partial charge in [0, 0.05) is 0 Å². The molecular formula is C9H12ClN3O4. The van der Waals surface area contributed by atoms with Crippen LogP contribution < -0.4 is 0 Å². The van der Waals surface area contributed by atoms with Crippen molar-refractivity contribution < 1.29 is 14.5 Å². The predicted octanol–water partition coefficient (Wildman–Crippen LogP) is 1.74. The number of carbonyl (C=O) groups is 1. The van der Waals surface area contributed by atoms with Crippen molar-refractivity contribution in [3.05, 3.63) is 21.5 Å². The molecule has 1 aromatic heterocycles. The summed E-state index contributed by atoms with van der Waals surface area (Å²) in [6.45, 7) is 4.97. The molecule has 0 aliphatic heterocycles. The van der Waals surface area contributed by atoms with Gasteiger partial charge in [0.15, 0.2) is 5.54 Å². The van der Waals surface area contributed by atoms with Gasteiger partial charge in [0.2, 0.25) is 5.15 Å². The van der Waals surface area contributed by atoms with Crippen molar-refractivity contribution in [3.63, 3.8) is 0 Å². The largest absolute Gasteiger partial charge is 0.464 e. The summed E-state index contributed by atoms with van der Waals surface area (Å²) in [7, 11) is 0. The Hall–Kier alpha value is -1.63. The van der Waals surface area contributed by atoms with Gasteiger partial charge in [-0.25, -0.2) is 9.48 Å². The molecule has 1 rings (SSSR count). The first-order chi connectivity index (χ1) is 7.80. The number of nitrogens with zero attached hydrogens (tertiary/aromatic N) is 3. The summed E-state index contributed by atoms with van der Waals surface area (Å²) >= 11 is 5.60. The van der Waals surface area contributed by atoms with Crippen LogP contribution in [-0.2, 0) is 15.1 Å². The molecule has 0 fully saturated rings. The van der Waals surface area contributed by atoms with Gasteiger partial charge in [-0.3, -0.25) is 10.1 Å². The summed E-state index contributed by atoms with van der Waals surface area (Å²) in [5.74, 6) is -0.533. The molecule has 0 N–H and O–H groups in total. The van der Waals surface area contributed by atoms with E-state index in [1.165, 1.54) is 13.8 Å². The molecule has 94 valence electrons. The van der Waals surface area contributed by atoms with Crippen molar-refractivity contribution >= 4 is 23.3 Å². The summed E-state index contributed by atoms with van der Waals surface area (Å²) in [5.41, 5.74) is -1.49. The summed E-state index contributed by atoms with van der Waals surface area (Å²) in [4.78, 5) is 21.6. The van der Waals surface area contributed by atoms with Gasteiger partial charge in [-0.15, -0.1) is 0 Å². The highest BCUT2D eigenvalue weighted by Gasteiger charge is 2.34. The third kappa shape index (κ3) is 2.55. The second-order valence-electron chi connectivity index (χ2n) is 3.79. The van der Waals surface area contributed by atoms with Crippen LogP contribution in [0.2, 0.25) is 5.15 Å². The number of carbonyl (C=O) groups excluding carboxylic acids is 1. The SMILES string of the molecule is CCOC(=O)C(C)(C)n1cc([N+](=O)[O-])c(Cl)n1. The number of hydrogen-bond acceptors (Lipinski definition) is 5. The minimum atomic E-state index is -1.14. The second kappa shape index (κ2) is 4.70. The monoisotopic (exact) mass is 261 g/mol. The second-order valence-corrected chi connectivity index (χ2v) is 4.14. The molecule has 0 atom stereocenters. The minimum Gasteiger partial charge on any atom is -0.464 e. The van der Waals surface area contributed by atoms with Crippen LogP contribution in [0.5, 0.6) is 0 Å². The van der Waals surface area contributed by atoms with E-state index >= 15 is 0 Å². The van der Waals surface area contributed by atoms with E-state index in [1.807, 2.05) is 0 Å². The normalized spacial score (nSPS) is 11.3. The van der Waals surface area contributed by atoms with Gasteiger partial charge in [0.05, 0.1) is 11.5 Å². The number of ether oxygens (including phenoxy) is 1. The molecule has 0 unspecified atom stereocenters. The number of hydrogen-bond donors (Lipinski definition) is 0. The number of rotatable bonds is 4. The van der Waals surface area contributed by atoms with E-state index in [9.17, 15) is 14.9 Å². The quantitative estimate of drug-likeness (QED) is 0.468. The molecule has 0 amide bonds. The average molecular weight is 262 g/mol. The highest BCUT2D eigenvalue weighted by Crippen LogP contribution is 2.26. The topological polar surface area (TPSA) is 87.3 Å². The fraction of sp³-hybridized carbons (Fsp3) is 0.556. The van der Waals surface area contributed by atoms with Crippen LogP contribution >= 0.6 is 11.6 Å². The van der Waals surface area contributed by atoms with E-state index in [0.717, 1.165) is 10.9 Å². The van der Waals surface area contributed by atoms with Gasteiger partial charge in [-0.05, 0) is 20.8 Å². The van der Waals surface area contributed by atoms with Crippen LogP contribution in [0, 0.1) is 10.1 Å². The van der Waals surface area contributed by atoms with Crippen molar-refractivity contribution in [1.82, 2.24) is 9.78 Å². The Morgan fingerprint density at radius 3 is 2.71 bits per heavy atom. The highest BCUT2D eigenvalue weighted by atomic mass is 35.5. The lowest BCUT2D eigenvalue weighted by molar-refractivity contribution is -0.384. The highest BCUT2D eigenvalue weighted by molar-refractivity contribution is 6.31. The van der Waals surface area contributed by atoms with Gasteiger partial charge in [0.1, 0.15) is 6.20 Å². The van der Waals surface area contributed by atoms with E-state index < -0.39 is 16.4 Å². The fourth-order valence-corrected chi connectivity index (χ4v) is 1.35. The Bertz CT molecular complexity index is 455. The van der Waals surface area contributed by atoms with Crippen LogP contribution in [-0.4, -0.2) is 27.3 Å². The molecule has 0 bridgehead atoms. The molecule has 0 spiro atoms. The zero-order valence-electron chi connectivity index (χ0n) is 9.64. The molecule has 0 aliphatic rings. The zero-order valence-corrected chi connectivity index (χ0v) is 10.4. The van der Waals surface area contributed by atoms with Crippen LogP contribution in [0.4, 0.5) is 5.69 Å². The lowest BCUT2D eigenvalue weighted by Crippen LogP contribution is -2.37. The molecule has 0 aliphatic carbocycles. The number of nitro groups is 1. The molecule has 1 aromatic rings. The molecule has 17 heavy (non-hydrogen) atoms. The maximum absolute atomic E-state index is 11.7. The number of halogens is 1. The van der Waals surface area contributed by atoms with E-state index in [4.69, 9.17) is 16.3 Å². The van der Waals surface area contributed by atoms with E-state index in [-0.39, 0.29) is 17.4 Å². The lowest BCUT2D eigenvalue weighted by atomic mass is 10.1. The minimum absolute atomic E-state index is 0.222. The fourth-order valence-electron chi connectivity index (χ4n) is 1.15. The molecule has 0 saturated carbocycles. The Labute approximate surface area is 102 Å². The summed E-state index contributed by atoms with van der Waals surface area (Å²) in [6, 6.07) is 0. The summed E-state index contributed by atoms with van der Waals surface area (Å²) in [6.07, 6.45) is 1.11. The third-order valence-electron chi connectivity index (χ3n) is 2.20. The molecule has 0 aromatic carbocycles. The van der Waals surface area contributed by atoms with Crippen LogP contribution in [0.15, 0.2) is 6.20 Å². The first-order valence-corrected chi connectivity index (χ1v) is 5.25. The number of esters is 1. The van der Waals surface area contributed by atoms with Gasteiger partial charge < -0.3 is 4.74 Å². The van der Waals surface area contributed by atoms with Crippen molar-refractivity contribution in [1.29, 1.82) is 0 Å². The van der Waals surface area contributed by atoms with Crippen molar-refractivity contribution in [2.24, 2.45) is 0 Å². The van der Waals surface area contributed by atoms with E-state index in [1.54, 1.807) is 6.92 Å². The smallest absolute Gasteiger partial charge is 0.333 e. The standard InChI is InChI=1S/C9H12ClN3O4/c1-4-17-8(14)9(2,3)12-5-6(13(15)16)7(10)11-12/h5H,4H2,1-3H3. The zero-order chi connectivity index (χ0) is 13.2. The predicted molar refractivity (Wildman–Crippen MR) is 59.8 cm³/mol. The molecule has 0 saturated heterocycles. The summed E-state index contributed by atoms with van der Waals surface area (Å²) in [5, 5.41) is 14.1. The lowest BCUT2D eigenvalue weighted by Gasteiger charge is -2.22. The van der Waals surface area contributed by atoms with Gasteiger partial charge in [-0.1, -0.05) is 11.6 Å². The van der Waals surface area contributed by atoms with Crippen molar-refractivity contribution in [2.75, 3.05) is 6.61 Å². The van der Waals surface area contributed by atoms with Crippen molar-refractivity contribution in [3.8, 4) is 0 Å². The Kier molecular flexibility index (Phi) is 3.72. The Balaban J connectivity index is 3.11. The Morgan fingerprint density at radius 1 is 1.71 bits per heavy atom. The van der Waals surface area contributed by atoms with Gasteiger partial charge >= 0.3 is 11.7 Å². The third-order valence-corrected chi connectivity index (χ3v) is 2.47. The molecule has 7 nitrogen and oxygen atoms in total. The van der Waals surface area contributed by atoms with Crippen molar-refractivity contribution in [2.45, 2.75) is 26.3 Å². The number of aromatic nitrogens is 2. The maximum Gasteiger partial charge on any atom is 0.333 e. The first kappa shape index (κ1) is 13.4. The van der Waals surface area contributed by atoms with Crippen LogP contribution in [0.1, 0.15) is 20.8 Å². The maximum atomic E-state index is 11.7. The summed E-state index contributed by atoms with van der Waals surface area (Å²) < 4.78 is 5.99. The van der Waals surface area contributed by atoms with Gasteiger partial charge in [-0.2, -0.15) is 5.10 Å². The van der Waals surface area contributed by atoms with E-state index in [2.05, 4.69) is 5.10 Å². The van der Waals surface area contributed by atoms with Crippen LogP contribution in [0.25, 0.3) is 0 Å².